The molecule has 0 saturated carbocycles. The monoisotopic (exact) mass is 553 g/mol. The number of rotatable bonds is 8. The van der Waals surface area contributed by atoms with Crippen molar-refractivity contribution in [2.75, 3.05) is 40.3 Å². The van der Waals surface area contributed by atoms with E-state index in [-0.39, 0.29) is 29.9 Å². The van der Waals surface area contributed by atoms with Crippen molar-refractivity contribution in [2.24, 2.45) is 4.99 Å². The minimum Gasteiger partial charge on any atom is -0.357 e. The summed E-state index contributed by atoms with van der Waals surface area (Å²) in [4.78, 5) is 25.1. The highest BCUT2D eigenvalue weighted by Gasteiger charge is 2.22. The van der Waals surface area contributed by atoms with Crippen LogP contribution >= 0.6 is 24.0 Å². The van der Waals surface area contributed by atoms with E-state index in [4.69, 9.17) is 4.99 Å². The molecule has 0 radical (unpaired) electrons. The number of piperidine rings is 1. The van der Waals surface area contributed by atoms with E-state index in [9.17, 15) is 4.79 Å². The van der Waals surface area contributed by atoms with Gasteiger partial charge in [0.05, 0.1) is 6.54 Å². The second-order valence-electron chi connectivity index (χ2n) is 8.14. The number of carbonyl (C=O) groups excluding carboxylic acids is 1. The van der Waals surface area contributed by atoms with E-state index in [2.05, 4.69) is 56.3 Å². The van der Waals surface area contributed by atoms with E-state index in [1.165, 1.54) is 5.56 Å². The van der Waals surface area contributed by atoms with Crippen LogP contribution in [0.2, 0.25) is 0 Å². The number of amides is 1. The fraction of sp³-hybridized carbons (Fsp3) is 0.522. The summed E-state index contributed by atoms with van der Waals surface area (Å²) in [5, 5.41) is 6.91. The molecule has 0 unspecified atom stereocenters. The molecule has 1 amide bonds. The summed E-state index contributed by atoms with van der Waals surface area (Å²) in [5.41, 5.74) is 1.25. The molecule has 176 valence electrons. The molecule has 2 heterocycles. The summed E-state index contributed by atoms with van der Waals surface area (Å²) in [6, 6.07) is 10.7. The van der Waals surface area contributed by atoms with E-state index >= 15 is 0 Å². The highest BCUT2D eigenvalue weighted by atomic mass is 127. The summed E-state index contributed by atoms with van der Waals surface area (Å²) in [7, 11) is 3.61. The summed E-state index contributed by atoms with van der Waals surface area (Å²) in [5.74, 6) is 1.92. The van der Waals surface area contributed by atoms with E-state index in [1.54, 1.807) is 19.0 Å². The number of likely N-dealkylation sites (N-methyl/N-ethyl adjacent to an activating group) is 1. The predicted octanol–water partition coefficient (Wildman–Crippen LogP) is 2.16. The van der Waals surface area contributed by atoms with E-state index in [0.717, 1.165) is 50.8 Å². The molecule has 8 nitrogen and oxygen atoms in total. The Kier molecular flexibility index (Phi) is 10.9. The molecule has 0 atom stereocenters. The second kappa shape index (κ2) is 13.4. The van der Waals surface area contributed by atoms with Crippen LogP contribution in [-0.4, -0.2) is 77.5 Å². The highest BCUT2D eigenvalue weighted by Crippen LogP contribution is 2.11. The maximum Gasteiger partial charge on any atom is 0.236 e. The SMILES string of the molecule is CCNC(=NCc1nccn1Cc1ccccc1)NC1CCN(CC(=O)N(C)C)CC1.I. The van der Waals surface area contributed by atoms with Gasteiger partial charge in [-0.1, -0.05) is 30.3 Å². The van der Waals surface area contributed by atoms with Crippen molar-refractivity contribution in [2.45, 2.75) is 38.9 Å². The Labute approximate surface area is 208 Å². The van der Waals surface area contributed by atoms with Crippen LogP contribution in [0.5, 0.6) is 0 Å². The first-order valence-electron chi connectivity index (χ1n) is 11.1. The Bertz CT molecular complexity index is 845. The molecule has 0 spiro atoms. The third kappa shape index (κ3) is 8.09. The van der Waals surface area contributed by atoms with Gasteiger partial charge in [0, 0.05) is 58.7 Å². The Morgan fingerprint density at radius 1 is 1.22 bits per heavy atom. The average Bonchev–Trinajstić information content (AvgIpc) is 3.21. The lowest BCUT2D eigenvalue weighted by molar-refractivity contribution is -0.130. The van der Waals surface area contributed by atoms with Gasteiger partial charge in [0.2, 0.25) is 5.91 Å². The summed E-state index contributed by atoms with van der Waals surface area (Å²) in [6.45, 7) is 6.52. The van der Waals surface area contributed by atoms with E-state index in [1.807, 2.05) is 18.5 Å². The van der Waals surface area contributed by atoms with Gasteiger partial charge < -0.3 is 20.1 Å². The number of carbonyl (C=O) groups is 1. The number of aromatic nitrogens is 2. The van der Waals surface area contributed by atoms with Crippen LogP contribution in [0.15, 0.2) is 47.7 Å². The standard InChI is InChI=1S/C23H35N7O.HI/c1-4-24-23(27-20-10-13-29(14-11-20)18-22(31)28(2)3)26-16-21-25-12-15-30(21)17-19-8-6-5-7-9-19;/h5-9,12,15,20H,4,10-11,13-14,16-18H2,1-3H3,(H2,24,26,27);1H. The van der Waals surface area contributed by atoms with Gasteiger partial charge in [0.15, 0.2) is 5.96 Å². The number of aliphatic imine (C=N–C) groups is 1. The Hall–Kier alpha value is -2.14. The van der Waals surface area contributed by atoms with Gasteiger partial charge in [-0.05, 0) is 25.3 Å². The van der Waals surface area contributed by atoms with Crippen LogP contribution in [0.25, 0.3) is 0 Å². The van der Waals surface area contributed by atoms with Crippen LogP contribution in [0.4, 0.5) is 0 Å². The summed E-state index contributed by atoms with van der Waals surface area (Å²) < 4.78 is 2.14. The van der Waals surface area contributed by atoms with Crippen molar-refractivity contribution >= 4 is 35.8 Å². The van der Waals surface area contributed by atoms with Gasteiger partial charge in [0.25, 0.3) is 0 Å². The zero-order valence-corrected chi connectivity index (χ0v) is 21.7. The molecule has 32 heavy (non-hydrogen) atoms. The molecular weight excluding hydrogens is 517 g/mol. The van der Waals surface area contributed by atoms with Crippen LogP contribution in [0.3, 0.4) is 0 Å². The second-order valence-corrected chi connectivity index (χ2v) is 8.14. The fourth-order valence-electron chi connectivity index (χ4n) is 3.65. The highest BCUT2D eigenvalue weighted by molar-refractivity contribution is 14.0. The van der Waals surface area contributed by atoms with Crippen molar-refractivity contribution < 1.29 is 4.79 Å². The molecule has 1 aliphatic heterocycles. The third-order valence-electron chi connectivity index (χ3n) is 5.51. The maximum atomic E-state index is 11.9. The molecule has 2 aromatic rings. The third-order valence-corrected chi connectivity index (χ3v) is 5.51. The molecular formula is C23H36IN7O. The van der Waals surface area contributed by atoms with Gasteiger partial charge in [-0.15, -0.1) is 24.0 Å². The first-order chi connectivity index (χ1) is 15.0. The van der Waals surface area contributed by atoms with E-state index < -0.39 is 0 Å². The first-order valence-corrected chi connectivity index (χ1v) is 11.1. The number of guanidine groups is 1. The molecule has 1 aromatic heterocycles. The lowest BCUT2D eigenvalue weighted by Crippen LogP contribution is -2.50. The molecule has 9 heteroatoms. The minimum atomic E-state index is 0. The van der Waals surface area contributed by atoms with E-state index in [0.29, 0.717) is 19.1 Å². The smallest absolute Gasteiger partial charge is 0.236 e. The minimum absolute atomic E-state index is 0. The molecule has 0 bridgehead atoms. The quantitative estimate of drug-likeness (QED) is 0.298. The van der Waals surface area contributed by atoms with Gasteiger partial charge in [-0.3, -0.25) is 9.69 Å². The van der Waals surface area contributed by atoms with Crippen molar-refractivity contribution in [1.29, 1.82) is 0 Å². The fourth-order valence-corrected chi connectivity index (χ4v) is 3.65. The van der Waals surface area contributed by atoms with Crippen LogP contribution in [-0.2, 0) is 17.9 Å². The van der Waals surface area contributed by atoms with Crippen molar-refractivity contribution in [3.63, 3.8) is 0 Å². The Balaban J connectivity index is 0.00000363. The van der Waals surface area contributed by atoms with Crippen LogP contribution in [0.1, 0.15) is 31.2 Å². The zero-order chi connectivity index (χ0) is 22.1. The molecule has 1 fully saturated rings. The van der Waals surface area contributed by atoms with Crippen molar-refractivity contribution in [3.05, 3.63) is 54.1 Å². The van der Waals surface area contributed by atoms with Crippen molar-refractivity contribution in [3.8, 4) is 0 Å². The van der Waals surface area contributed by atoms with Gasteiger partial charge in [-0.2, -0.15) is 0 Å². The number of likely N-dealkylation sites (tertiary alicyclic amines) is 1. The Morgan fingerprint density at radius 3 is 2.59 bits per heavy atom. The number of imidazole rings is 1. The largest absolute Gasteiger partial charge is 0.357 e. The van der Waals surface area contributed by atoms with Gasteiger partial charge in [-0.25, -0.2) is 9.98 Å². The molecule has 1 aromatic carbocycles. The van der Waals surface area contributed by atoms with Gasteiger partial charge in [0.1, 0.15) is 12.4 Å². The molecule has 1 saturated heterocycles. The van der Waals surface area contributed by atoms with Crippen LogP contribution < -0.4 is 10.6 Å². The maximum absolute atomic E-state index is 11.9. The number of hydrogen-bond acceptors (Lipinski definition) is 4. The average molecular weight is 553 g/mol. The number of nitrogens with zero attached hydrogens (tertiary/aromatic N) is 5. The number of nitrogens with one attached hydrogen (secondary N) is 2. The molecule has 2 N–H and O–H groups in total. The zero-order valence-electron chi connectivity index (χ0n) is 19.3. The number of benzene rings is 1. The topological polar surface area (TPSA) is 77.8 Å². The number of halogens is 1. The lowest BCUT2D eigenvalue weighted by Gasteiger charge is -2.33. The summed E-state index contributed by atoms with van der Waals surface area (Å²) >= 11 is 0. The Morgan fingerprint density at radius 2 is 1.94 bits per heavy atom. The summed E-state index contributed by atoms with van der Waals surface area (Å²) in [6.07, 6.45) is 5.82. The van der Waals surface area contributed by atoms with Crippen molar-refractivity contribution in [1.82, 2.24) is 30.0 Å². The molecule has 3 rings (SSSR count). The molecule has 0 aliphatic carbocycles. The van der Waals surface area contributed by atoms with Crippen LogP contribution in [0, 0.1) is 0 Å². The normalized spacial score (nSPS) is 15.2. The first kappa shape index (κ1) is 26.1. The lowest BCUT2D eigenvalue weighted by atomic mass is 10.1. The number of hydrogen-bond donors (Lipinski definition) is 2. The molecule has 1 aliphatic rings. The van der Waals surface area contributed by atoms with Gasteiger partial charge >= 0.3 is 0 Å². The predicted molar refractivity (Wildman–Crippen MR) is 139 cm³/mol.